The molecule has 1 aliphatic rings. The summed E-state index contributed by atoms with van der Waals surface area (Å²) in [6.07, 6.45) is 1.72. The summed E-state index contributed by atoms with van der Waals surface area (Å²) in [5.41, 5.74) is 0.853. The van der Waals surface area contributed by atoms with Gasteiger partial charge in [-0.25, -0.2) is 4.79 Å². The SMILES string of the molecule is CC(C)C(CNC(=O)NCc1ccccn1)N1CCOCC1. The van der Waals surface area contributed by atoms with Crippen molar-refractivity contribution in [1.29, 1.82) is 0 Å². The summed E-state index contributed by atoms with van der Waals surface area (Å²) >= 11 is 0. The fourth-order valence-corrected chi connectivity index (χ4v) is 2.63. The second-order valence-corrected chi connectivity index (χ2v) is 5.84. The van der Waals surface area contributed by atoms with Crippen molar-refractivity contribution in [3.05, 3.63) is 30.1 Å². The summed E-state index contributed by atoms with van der Waals surface area (Å²) in [5.74, 6) is 0.481. The zero-order chi connectivity index (χ0) is 15.8. The molecule has 2 N–H and O–H groups in total. The van der Waals surface area contributed by atoms with E-state index >= 15 is 0 Å². The highest BCUT2D eigenvalue weighted by Gasteiger charge is 2.24. The lowest BCUT2D eigenvalue weighted by atomic mass is 10.0. The van der Waals surface area contributed by atoms with Crippen molar-refractivity contribution in [2.75, 3.05) is 32.8 Å². The Kier molecular flexibility index (Phi) is 6.61. The van der Waals surface area contributed by atoms with Crippen LogP contribution in [0.5, 0.6) is 0 Å². The molecule has 6 nitrogen and oxygen atoms in total. The molecule has 6 heteroatoms. The molecule has 0 saturated carbocycles. The monoisotopic (exact) mass is 306 g/mol. The third-order valence-corrected chi connectivity index (χ3v) is 3.91. The minimum atomic E-state index is -0.149. The molecule has 1 aromatic heterocycles. The molecule has 1 saturated heterocycles. The number of urea groups is 1. The lowest BCUT2D eigenvalue weighted by Crippen LogP contribution is -2.52. The molecule has 122 valence electrons. The second-order valence-electron chi connectivity index (χ2n) is 5.84. The molecule has 0 radical (unpaired) electrons. The largest absolute Gasteiger partial charge is 0.379 e. The zero-order valence-electron chi connectivity index (χ0n) is 13.4. The lowest BCUT2D eigenvalue weighted by molar-refractivity contribution is 0.00719. The van der Waals surface area contributed by atoms with Crippen LogP contribution >= 0.6 is 0 Å². The number of nitrogens with zero attached hydrogens (tertiary/aromatic N) is 2. The number of hydrogen-bond acceptors (Lipinski definition) is 4. The Labute approximate surface area is 132 Å². The van der Waals surface area contributed by atoms with E-state index in [1.165, 1.54) is 0 Å². The molecule has 1 unspecified atom stereocenters. The van der Waals surface area contributed by atoms with Crippen LogP contribution in [0.2, 0.25) is 0 Å². The maximum absolute atomic E-state index is 11.9. The average Bonchev–Trinajstić information content (AvgIpc) is 2.55. The minimum Gasteiger partial charge on any atom is -0.379 e. The van der Waals surface area contributed by atoms with Gasteiger partial charge in [0.15, 0.2) is 0 Å². The highest BCUT2D eigenvalue weighted by Crippen LogP contribution is 2.12. The van der Waals surface area contributed by atoms with E-state index < -0.39 is 0 Å². The number of hydrogen-bond donors (Lipinski definition) is 2. The van der Waals surface area contributed by atoms with Crippen LogP contribution in [0.25, 0.3) is 0 Å². The maximum Gasteiger partial charge on any atom is 0.315 e. The van der Waals surface area contributed by atoms with Gasteiger partial charge in [0.05, 0.1) is 25.5 Å². The first kappa shape index (κ1) is 16.7. The van der Waals surface area contributed by atoms with Gasteiger partial charge in [-0.15, -0.1) is 0 Å². The van der Waals surface area contributed by atoms with Crippen molar-refractivity contribution >= 4 is 6.03 Å². The van der Waals surface area contributed by atoms with Crippen molar-refractivity contribution in [2.45, 2.75) is 26.4 Å². The van der Waals surface area contributed by atoms with Gasteiger partial charge in [0.2, 0.25) is 0 Å². The van der Waals surface area contributed by atoms with Gasteiger partial charge >= 0.3 is 6.03 Å². The van der Waals surface area contributed by atoms with Crippen LogP contribution in [0.15, 0.2) is 24.4 Å². The Balaban J connectivity index is 1.75. The number of ether oxygens (including phenoxy) is 1. The molecule has 2 heterocycles. The standard InChI is InChI=1S/C16H26N4O2/c1-13(2)15(20-7-9-22-10-8-20)12-19-16(21)18-11-14-5-3-4-6-17-14/h3-6,13,15H,7-12H2,1-2H3,(H2,18,19,21). The Morgan fingerprint density at radius 2 is 2.09 bits per heavy atom. The Hall–Kier alpha value is -1.66. The summed E-state index contributed by atoms with van der Waals surface area (Å²) in [6, 6.07) is 5.85. The molecule has 0 bridgehead atoms. The van der Waals surface area contributed by atoms with E-state index in [9.17, 15) is 4.79 Å². The average molecular weight is 306 g/mol. The first-order valence-electron chi connectivity index (χ1n) is 7.90. The predicted octanol–water partition coefficient (Wildman–Crippen LogP) is 1.24. The molecule has 0 spiro atoms. The van der Waals surface area contributed by atoms with Crippen LogP contribution in [-0.2, 0) is 11.3 Å². The van der Waals surface area contributed by atoms with Crippen LogP contribution in [0, 0.1) is 5.92 Å². The van der Waals surface area contributed by atoms with E-state index in [-0.39, 0.29) is 6.03 Å². The number of pyridine rings is 1. The smallest absolute Gasteiger partial charge is 0.315 e. The number of amides is 2. The predicted molar refractivity (Wildman–Crippen MR) is 85.5 cm³/mol. The summed E-state index contributed by atoms with van der Waals surface area (Å²) in [4.78, 5) is 18.5. The minimum absolute atomic E-state index is 0.149. The maximum atomic E-state index is 11.9. The molecule has 0 aromatic carbocycles. The first-order chi connectivity index (χ1) is 10.7. The van der Waals surface area contributed by atoms with E-state index in [2.05, 4.69) is 34.4 Å². The van der Waals surface area contributed by atoms with E-state index in [0.717, 1.165) is 32.0 Å². The third-order valence-electron chi connectivity index (χ3n) is 3.91. The van der Waals surface area contributed by atoms with Gasteiger partial charge in [-0.2, -0.15) is 0 Å². The lowest BCUT2D eigenvalue weighted by Gasteiger charge is -2.36. The number of nitrogens with one attached hydrogen (secondary N) is 2. The molecule has 0 aliphatic carbocycles. The van der Waals surface area contributed by atoms with Crippen molar-refractivity contribution in [2.24, 2.45) is 5.92 Å². The first-order valence-corrected chi connectivity index (χ1v) is 7.90. The molecule has 1 atom stereocenters. The third kappa shape index (κ3) is 5.27. The van der Waals surface area contributed by atoms with Gasteiger partial charge in [0.25, 0.3) is 0 Å². The van der Waals surface area contributed by atoms with E-state index in [1.54, 1.807) is 6.20 Å². The van der Waals surface area contributed by atoms with Crippen LogP contribution in [0.4, 0.5) is 4.79 Å². The number of carbonyl (C=O) groups is 1. The highest BCUT2D eigenvalue weighted by atomic mass is 16.5. The normalized spacial score (nSPS) is 17.2. The number of aromatic nitrogens is 1. The molecular weight excluding hydrogens is 280 g/mol. The zero-order valence-corrected chi connectivity index (χ0v) is 13.4. The van der Waals surface area contributed by atoms with Crippen molar-refractivity contribution in [3.63, 3.8) is 0 Å². The molecule has 2 rings (SSSR count). The van der Waals surface area contributed by atoms with E-state index in [1.807, 2.05) is 18.2 Å². The summed E-state index contributed by atoms with van der Waals surface area (Å²) in [7, 11) is 0. The Bertz CT molecular complexity index is 447. The summed E-state index contributed by atoms with van der Waals surface area (Å²) < 4.78 is 5.39. The van der Waals surface area contributed by atoms with Crippen LogP contribution in [0.1, 0.15) is 19.5 Å². The Morgan fingerprint density at radius 1 is 1.32 bits per heavy atom. The van der Waals surface area contributed by atoms with Gasteiger partial charge < -0.3 is 15.4 Å². The van der Waals surface area contributed by atoms with Gasteiger partial charge in [-0.05, 0) is 18.1 Å². The van der Waals surface area contributed by atoms with Gasteiger partial charge in [0, 0.05) is 31.9 Å². The summed E-state index contributed by atoms with van der Waals surface area (Å²) in [5, 5.41) is 5.81. The number of rotatable bonds is 6. The van der Waals surface area contributed by atoms with Gasteiger partial charge in [-0.1, -0.05) is 19.9 Å². The van der Waals surface area contributed by atoms with Crippen molar-refractivity contribution in [3.8, 4) is 0 Å². The topological polar surface area (TPSA) is 66.5 Å². The fraction of sp³-hybridized carbons (Fsp3) is 0.625. The molecule has 1 fully saturated rings. The number of morpholine rings is 1. The Morgan fingerprint density at radius 3 is 2.73 bits per heavy atom. The van der Waals surface area contributed by atoms with Gasteiger partial charge in [-0.3, -0.25) is 9.88 Å². The van der Waals surface area contributed by atoms with E-state index in [4.69, 9.17) is 4.74 Å². The fourth-order valence-electron chi connectivity index (χ4n) is 2.63. The van der Waals surface area contributed by atoms with Crippen LogP contribution in [-0.4, -0.2) is 54.8 Å². The molecular formula is C16H26N4O2. The molecule has 1 aromatic rings. The van der Waals surface area contributed by atoms with Crippen molar-refractivity contribution in [1.82, 2.24) is 20.5 Å². The number of carbonyl (C=O) groups excluding carboxylic acids is 1. The second kappa shape index (κ2) is 8.70. The van der Waals surface area contributed by atoms with Crippen LogP contribution < -0.4 is 10.6 Å². The van der Waals surface area contributed by atoms with E-state index in [0.29, 0.717) is 25.0 Å². The van der Waals surface area contributed by atoms with Crippen molar-refractivity contribution < 1.29 is 9.53 Å². The highest BCUT2D eigenvalue weighted by molar-refractivity contribution is 5.73. The van der Waals surface area contributed by atoms with Crippen LogP contribution in [0.3, 0.4) is 0 Å². The quantitative estimate of drug-likeness (QED) is 0.830. The molecule has 1 aliphatic heterocycles. The molecule has 22 heavy (non-hydrogen) atoms. The molecule has 2 amide bonds. The summed E-state index contributed by atoms with van der Waals surface area (Å²) in [6.45, 7) is 8.87. The van der Waals surface area contributed by atoms with Gasteiger partial charge in [0.1, 0.15) is 0 Å².